The topological polar surface area (TPSA) is 65.2 Å². The summed E-state index contributed by atoms with van der Waals surface area (Å²) < 4.78 is 31.0. The maximum Gasteiger partial charge on any atom is 0.339 e. The molecule has 6 heteroatoms. The zero-order valence-electron chi connectivity index (χ0n) is 9.24. The number of methoxy groups -OCH3 is 1. The molecule has 1 saturated carbocycles. The number of nitrogens with two attached hydrogens (primary N) is 1. The van der Waals surface area contributed by atoms with Crippen LogP contribution >= 0.6 is 0 Å². The Balaban J connectivity index is 2.28. The van der Waals surface area contributed by atoms with Crippen LogP contribution in [0.25, 0.3) is 0 Å². The lowest BCUT2D eigenvalue weighted by Crippen LogP contribution is -2.27. The molecule has 4 nitrogen and oxygen atoms in total. The average molecular weight is 242 g/mol. The van der Waals surface area contributed by atoms with Crippen LogP contribution in [0.2, 0.25) is 0 Å². The lowest BCUT2D eigenvalue weighted by molar-refractivity contribution is 0.0600. The van der Waals surface area contributed by atoms with Crippen LogP contribution in [0.1, 0.15) is 22.5 Å². The van der Waals surface area contributed by atoms with Crippen LogP contribution in [-0.2, 0) is 10.2 Å². The molecule has 0 bridgehead atoms. The second-order valence-electron chi connectivity index (χ2n) is 4.09. The highest BCUT2D eigenvalue weighted by molar-refractivity contribution is 5.88. The second-order valence-corrected chi connectivity index (χ2v) is 4.09. The summed E-state index contributed by atoms with van der Waals surface area (Å²) in [6, 6.07) is 2.82. The van der Waals surface area contributed by atoms with Crippen LogP contribution in [0.5, 0.6) is 0 Å². The van der Waals surface area contributed by atoms with Gasteiger partial charge in [-0.25, -0.2) is 13.6 Å². The van der Waals surface area contributed by atoms with Crippen molar-refractivity contribution < 1.29 is 18.3 Å². The quantitative estimate of drug-likeness (QED) is 0.806. The standard InChI is InChI=1S/C11H12F2N2O2/c1-17-9(16)7-2-3-8(15-4-7)10(6-14)5-11(10,12)13/h2-4H,5-6,14H2,1H3. The zero-order chi connectivity index (χ0) is 12.7. The first-order valence-electron chi connectivity index (χ1n) is 5.09. The third-order valence-corrected chi connectivity index (χ3v) is 3.12. The highest BCUT2D eigenvalue weighted by atomic mass is 19.3. The van der Waals surface area contributed by atoms with Crippen LogP contribution < -0.4 is 5.73 Å². The lowest BCUT2D eigenvalue weighted by atomic mass is 10.0. The molecule has 1 aromatic heterocycles. The Bertz CT molecular complexity index is 447. The van der Waals surface area contributed by atoms with Gasteiger partial charge in [-0.15, -0.1) is 0 Å². The Labute approximate surface area is 96.8 Å². The van der Waals surface area contributed by atoms with Crippen molar-refractivity contribution in [1.82, 2.24) is 4.98 Å². The first-order valence-corrected chi connectivity index (χ1v) is 5.09. The SMILES string of the molecule is COC(=O)c1ccc(C2(CN)CC2(F)F)nc1. The smallest absolute Gasteiger partial charge is 0.339 e. The molecule has 1 aliphatic carbocycles. The molecule has 2 rings (SSSR count). The van der Waals surface area contributed by atoms with Gasteiger partial charge in [0, 0.05) is 19.2 Å². The normalized spacial score (nSPS) is 25.4. The number of carbonyl (C=O) groups excluding carboxylic acids is 1. The van der Waals surface area contributed by atoms with Gasteiger partial charge in [0.2, 0.25) is 0 Å². The maximum atomic E-state index is 13.3. The van der Waals surface area contributed by atoms with E-state index in [1.807, 2.05) is 0 Å². The Morgan fingerprint density at radius 3 is 2.59 bits per heavy atom. The Kier molecular flexibility index (Phi) is 2.61. The van der Waals surface area contributed by atoms with Gasteiger partial charge in [-0.1, -0.05) is 0 Å². The summed E-state index contributed by atoms with van der Waals surface area (Å²) in [5.74, 6) is -3.35. The number of halogens is 2. The Morgan fingerprint density at radius 1 is 1.59 bits per heavy atom. The molecular formula is C11H12F2N2O2. The van der Waals surface area contributed by atoms with E-state index in [1.165, 1.54) is 25.4 Å². The van der Waals surface area contributed by atoms with E-state index in [9.17, 15) is 13.6 Å². The first-order chi connectivity index (χ1) is 7.97. The summed E-state index contributed by atoms with van der Waals surface area (Å²) in [5, 5.41) is 0. The molecular weight excluding hydrogens is 230 g/mol. The molecule has 1 atom stereocenters. The van der Waals surface area contributed by atoms with E-state index < -0.39 is 17.3 Å². The van der Waals surface area contributed by atoms with Crippen molar-refractivity contribution in [2.24, 2.45) is 5.73 Å². The number of nitrogens with zero attached hydrogens (tertiary/aromatic N) is 1. The lowest BCUT2D eigenvalue weighted by Gasteiger charge is -2.13. The van der Waals surface area contributed by atoms with Crippen LogP contribution in [-0.4, -0.2) is 30.5 Å². The van der Waals surface area contributed by atoms with Crippen molar-refractivity contribution in [2.45, 2.75) is 17.8 Å². The van der Waals surface area contributed by atoms with E-state index in [1.54, 1.807) is 0 Å². The van der Waals surface area contributed by atoms with Gasteiger partial charge >= 0.3 is 5.97 Å². The summed E-state index contributed by atoms with van der Waals surface area (Å²) in [5.41, 5.74) is 4.48. The van der Waals surface area contributed by atoms with Crippen molar-refractivity contribution in [3.8, 4) is 0 Å². The van der Waals surface area contributed by atoms with Crippen LogP contribution in [0.4, 0.5) is 8.78 Å². The molecule has 17 heavy (non-hydrogen) atoms. The third-order valence-electron chi connectivity index (χ3n) is 3.12. The second kappa shape index (κ2) is 3.73. The fourth-order valence-corrected chi connectivity index (χ4v) is 1.85. The van der Waals surface area contributed by atoms with E-state index in [0.717, 1.165) is 0 Å². The first kappa shape index (κ1) is 11.9. The molecule has 2 N–H and O–H groups in total. The molecule has 1 unspecified atom stereocenters. The van der Waals surface area contributed by atoms with Gasteiger partial charge in [-0.2, -0.15) is 0 Å². The zero-order valence-corrected chi connectivity index (χ0v) is 9.24. The number of esters is 1. The van der Waals surface area contributed by atoms with E-state index in [4.69, 9.17) is 5.73 Å². The summed E-state index contributed by atoms with van der Waals surface area (Å²) in [6.45, 7) is -0.162. The number of carbonyl (C=O) groups is 1. The molecule has 0 aliphatic heterocycles. The van der Waals surface area contributed by atoms with Gasteiger partial charge in [-0.3, -0.25) is 4.98 Å². The van der Waals surface area contributed by atoms with Gasteiger partial charge in [0.25, 0.3) is 5.92 Å². The summed E-state index contributed by atoms with van der Waals surface area (Å²) in [4.78, 5) is 15.0. The summed E-state index contributed by atoms with van der Waals surface area (Å²) >= 11 is 0. The summed E-state index contributed by atoms with van der Waals surface area (Å²) in [7, 11) is 1.24. The number of aromatic nitrogens is 1. The maximum absolute atomic E-state index is 13.3. The van der Waals surface area contributed by atoms with Gasteiger partial charge in [-0.05, 0) is 12.1 Å². The van der Waals surface area contributed by atoms with Crippen molar-refractivity contribution in [3.05, 3.63) is 29.6 Å². The molecule has 0 aromatic carbocycles. The van der Waals surface area contributed by atoms with E-state index in [-0.39, 0.29) is 24.2 Å². The molecule has 1 heterocycles. The summed E-state index contributed by atoms with van der Waals surface area (Å²) in [6.07, 6.45) is 0.939. The predicted molar refractivity (Wildman–Crippen MR) is 55.9 cm³/mol. The van der Waals surface area contributed by atoms with Crippen LogP contribution in [0.15, 0.2) is 18.3 Å². The van der Waals surface area contributed by atoms with Gasteiger partial charge in [0.1, 0.15) is 0 Å². The van der Waals surface area contributed by atoms with Crippen molar-refractivity contribution in [1.29, 1.82) is 0 Å². The highest BCUT2D eigenvalue weighted by Gasteiger charge is 2.72. The third kappa shape index (κ3) is 1.68. The molecule has 0 amide bonds. The molecule has 0 saturated heterocycles. The van der Waals surface area contributed by atoms with Gasteiger partial charge in [0.15, 0.2) is 0 Å². The number of hydrogen-bond acceptors (Lipinski definition) is 4. The predicted octanol–water partition coefficient (Wildman–Crippen LogP) is 1.10. The Morgan fingerprint density at radius 2 is 2.24 bits per heavy atom. The number of rotatable bonds is 3. The van der Waals surface area contributed by atoms with Crippen molar-refractivity contribution in [2.75, 3.05) is 13.7 Å². The minimum atomic E-state index is -2.80. The fraction of sp³-hybridized carbons (Fsp3) is 0.455. The molecule has 1 fully saturated rings. The number of hydrogen-bond donors (Lipinski definition) is 1. The minimum absolute atomic E-state index is 0.162. The van der Waals surface area contributed by atoms with Crippen LogP contribution in [0.3, 0.4) is 0 Å². The van der Waals surface area contributed by atoms with Gasteiger partial charge in [0.05, 0.1) is 23.8 Å². The molecule has 92 valence electrons. The van der Waals surface area contributed by atoms with E-state index >= 15 is 0 Å². The number of alkyl halides is 2. The van der Waals surface area contributed by atoms with Crippen LogP contribution in [0, 0.1) is 0 Å². The highest BCUT2D eigenvalue weighted by Crippen LogP contribution is 2.60. The number of pyridine rings is 1. The minimum Gasteiger partial charge on any atom is -0.465 e. The van der Waals surface area contributed by atoms with Crippen molar-refractivity contribution in [3.63, 3.8) is 0 Å². The van der Waals surface area contributed by atoms with Gasteiger partial charge < -0.3 is 10.5 Å². The fourth-order valence-electron chi connectivity index (χ4n) is 1.85. The van der Waals surface area contributed by atoms with E-state index in [0.29, 0.717) is 0 Å². The number of ether oxygens (including phenoxy) is 1. The van der Waals surface area contributed by atoms with Crippen molar-refractivity contribution >= 4 is 5.97 Å². The largest absolute Gasteiger partial charge is 0.465 e. The molecule has 1 aliphatic rings. The van der Waals surface area contributed by atoms with E-state index in [2.05, 4.69) is 9.72 Å². The average Bonchev–Trinajstić information content (AvgIpc) is 2.92. The Hall–Kier alpha value is -1.56. The molecule has 1 aromatic rings. The molecule has 0 radical (unpaired) electrons. The molecule has 0 spiro atoms. The monoisotopic (exact) mass is 242 g/mol.